The predicted molar refractivity (Wildman–Crippen MR) is 119 cm³/mol. The summed E-state index contributed by atoms with van der Waals surface area (Å²) in [5, 5.41) is 15.1. The van der Waals surface area contributed by atoms with E-state index in [0.717, 1.165) is 38.0 Å². The minimum atomic E-state index is -0.889. The summed E-state index contributed by atoms with van der Waals surface area (Å²) in [6.07, 6.45) is 6.49. The number of hydrogen-bond donors (Lipinski definition) is 4. The van der Waals surface area contributed by atoms with E-state index in [1.165, 1.54) is 6.42 Å². The summed E-state index contributed by atoms with van der Waals surface area (Å²) in [4.78, 5) is 39.5. The normalized spacial score (nSPS) is 22.0. The summed E-state index contributed by atoms with van der Waals surface area (Å²) in [5.41, 5.74) is 7.15. The smallest absolute Gasteiger partial charge is 0.308 e. The number of anilines is 1. The molecule has 2 fully saturated rings. The van der Waals surface area contributed by atoms with E-state index in [4.69, 9.17) is 5.73 Å². The van der Waals surface area contributed by atoms with Crippen LogP contribution >= 0.6 is 0 Å². The molecule has 8 heteroatoms. The van der Waals surface area contributed by atoms with Gasteiger partial charge in [-0.05, 0) is 69.7 Å². The van der Waals surface area contributed by atoms with Crippen LogP contribution in [0, 0.1) is 5.92 Å². The van der Waals surface area contributed by atoms with E-state index in [2.05, 4.69) is 15.5 Å². The Hall–Kier alpha value is -2.61. The molecular weight excluding hydrogens is 396 g/mol. The number of carbonyl (C=O) groups excluding carboxylic acids is 2. The fraction of sp³-hybridized carbons (Fsp3) is 0.609. The molecular formula is C23H34N4O4. The van der Waals surface area contributed by atoms with Gasteiger partial charge in [0.1, 0.15) is 6.04 Å². The van der Waals surface area contributed by atoms with Crippen LogP contribution in [0.3, 0.4) is 0 Å². The van der Waals surface area contributed by atoms with Gasteiger partial charge in [0.25, 0.3) is 5.91 Å². The number of nitrogens with zero attached hydrogens (tertiary/aromatic N) is 1. The Labute approximate surface area is 183 Å². The van der Waals surface area contributed by atoms with Crippen molar-refractivity contribution >= 4 is 23.5 Å². The van der Waals surface area contributed by atoms with Gasteiger partial charge in [-0.1, -0.05) is 12.5 Å². The van der Waals surface area contributed by atoms with Gasteiger partial charge in [-0.15, -0.1) is 0 Å². The maximum Gasteiger partial charge on any atom is 0.308 e. The first-order valence-corrected chi connectivity index (χ1v) is 11.4. The Balaban J connectivity index is 1.66. The number of aliphatic carboxylic acids is 1. The highest BCUT2D eigenvalue weighted by Crippen LogP contribution is 2.26. The number of hydrogen-bond acceptors (Lipinski definition) is 5. The topological polar surface area (TPSA) is 125 Å². The second kappa shape index (κ2) is 11.1. The van der Waals surface area contributed by atoms with Crippen LogP contribution in [0.4, 0.5) is 5.69 Å². The van der Waals surface area contributed by atoms with Crippen LogP contribution in [0.25, 0.3) is 0 Å². The van der Waals surface area contributed by atoms with Crippen LogP contribution in [-0.2, 0) is 9.59 Å². The second-order valence-electron chi connectivity index (χ2n) is 8.55. The van der Waals surface area contributed by atoms with E-state index in [-0.39, 0.29) is 11.8 Å². The largest absolute Gasteiger partial charge is 0.481 e. The molecule has 0 radical (unpaired) electrons. The zero-order valence-corrected chi connectivity index (χ0v) is 18.0. The molecule has 0 aromatic heterocycles. The van der Waals surface area contributed by atoms with Crippen molar-refractivity contribution in [1.82, 2.24) is 10.6 Å². The Bertz CT molecular complexity index is 779. The van der Waals surface area contributed by atoms with E-state index in [0.29, 0.717) is 37.8 Å². The highest BCUT2D eigenvalue weighted by atomic mass is 16.4. The lowest BCUT2D eigenvalue weighted by molar-refractivity contribution is -0.142. The van der Waals surface area contributed by atoms with Crippen molar-refractivity contribution in [3.05, 3.63) is 29.8 Å². The van der Waals surface area contributed by atoms with Gasteiger partial charge in [0, 0.05) is 30.4 Å². The number of piperidine rings is 1. The van der Waals surface area contributed by atoms with Gasteiger partial charge >= 0.3 is 5.97 Å². The van der Waals surface area contributed by atoms with Crippen LogP contribution in [0.15, 0.2) is 24.3 Å². The van der Waals surface area contributed by atoms with E-state index in [1.54, 1.807) is 6.07 Å². The first-order chi connectivity index (χ1) is 15.0. The SMILES string of the molecule is NCCC[C@H](NC(=O)c1cccc(N2CCCCC2)c1)C(=O)N[C@H]1CCC[C@H]1C(=O)O. The van der Waals surface area contributed by atoms with Crippen LogP contribution < -0.4 is 21.3 Å². The van der Waals surface area contributed by atoms with Gasteiger partial charge in [-0.25, -0.2) is 0 Å². The molecule has 1 aromatic carbocycles. The zero-order valence-electron chi connectivity index (χ0n) is 18.0. The summed E-state index contributed by atoms with van der Waals surface area (Å²) >= 11 is 0. The van der Waals surface area contributed by atoms with Crippen molar-refractivity contribution in [1.29, 1.82) is 0 Å². The standard InChI is InChI=1S/C23H34N4O4/c24-12-6-11-20(22(29)25-19-10-5-9-18(19)23(30)31)26-21(28)16-7-4-8-17(15-16)27-13-2-1-3-14-27/h4,7-8,15,18-20H,1-3,5-6,9-14,24H2,(H,25,29)(H,26,28)(H,30,31)/t18-,19+,20+/m1/s1. The molecule has 31 heavy (non-hydrogen) atoms. The van der Waals surface area contributed by atoms with E-state index >= 15 is 0 Å². The Morgan fingerprint density at radius 1 is 1.13 bits per heavy atom. The highest BCUT2D eigenvalue weighted by molar-refractivity contribution is 5.98. The summed E-state index contributed by atoms with van der Waals surface area (Å²) in [5.74, 6) is -2.11. The molecule has 1 aliphatic carbocycles. The monoisotopic (exact) mass is 430 g/mol. The summed E-state index contributed by atoms with van der Waals surface area (Å²) in [6.45, 7) is 2.38. The quantitative estimate of drug-likeness (QED) is 0.474. The molecule has 2 amide bonds. The lowest BCUT2D eigenvalue weighted by Crippen LogP contribution is -2.51. The molecule has 0 unspecified atom stereocenters. The molecule has 1 aliphatic heterocycles. The lowest BCUT2D eigenvalue weighted by Gasteiger charge is -2.29. The average molecular weight is 431 g/mol. The molecule has 3 atom stereocenters. The van der Waals surface area contributed by atoms with Gasteiger partial charge in [0.2, 0.25) is 5.91 Å². The van der Waals surface area contributed by atoms with E-state index in [9.17, 15) is 19.5 Å². The van der Waals surface area contributed by atoms with Crippen LogP contribution in [0.1, 0.15) is 61.7 Å². The lowest BCUT2D eigenvalue weighted by atomic mass is 10.0. The van der Waals surface area contributed by atoms with Gasteiger partial charge in [-0.2, -0.15) is 0 Å². The number of carboxylic acids is 1. The minimum absolute atomic E-state index is 0.308. The number of benzene rings is 1. The third kappa shape index (κ3) is 6.19. The molecule has 0 bridgehead atoms. The molecule has 3 rings (SSSR count). The molecule has 1 saturated heterocycles. The Morgan fingerprint density at radius 3 is 2.61 bits per heavy atom. The summed E-state index contributed by atoms with van der Waals surface area (Å²) in [6, 6.07) is 6.35. The number of nitrogens with one attached hydrogen (secondary N) is 2. The third-order valence-electron chi connectivity index (χ3n) is 6.31. The molecule has 1 aromatic rings. The maximum atomic E-state index is 12.9. The van der Waals surface area contributed by atoms with Crippen molar-refractivity contribution < 1.29 is 19.5 Å². The molecule has 5 N–H and O–H groups in total. The number of amides is 2. The molecule has 1 heterocycles. The minimum Gasteiger partial charge on any atom is -0.481 e. The molecule has 1 saturated carbocycles. The maximum absolute atomic E-state index is 12.9. The van der Waals surface area contributed by atoms with Crippen molar-refractivity contribution in [3.8, 4) is 0 Å². The highest BCUT2D eigenvalue weighted by Gasteiger charge is 2.35. The van der Waals surface area contributed by atoms with E-state index < -0.39 is 24.0 Å². The van der Waals surface area contributed by atoms with Crippen molar-refractivity contribution in [3.63, 3.8) is 0 Å². The zero-order chi connectivity index (χ0) is 22.2. The number of rotatable bonds is 9. The molecule has 170 valence electrons. The van der Waals surface area contributed by atoms with Gasteiger partial charge < -0.3 is 26.4 Å². The van der Waals surface area contributed by atoms with Crippen molar-refractivity contribution in [2.45, 2.75) is 63.5 Å². The van der Waals surface area contributed by atoms with E-state index in [1.807, 2.05) is 18.2 Å². The predicted octanol–water partition coefficient (Wildman–Crippen LogP) is 1.88. The second-order valence-corrected chi connectivity index (χ2v) is 8.55. The Morgan fingerprint density at radius 2 is 1.90 bits per heavy atom. The molecule has 2 aliphatic rings. The summed E-state index contributed by atoms with van der Waals surface area (Å²) < 4.78 is 0. The van der Waals surface area contributed by atoms with Gasteiger partial charge in [-0.3, -0.25) is 14.4 Å². The fourth-order valence-electron chi connectivity index (χ4n) is 4.54. The van der Waals surface area contributed by atoms with Gasteiger partial charge in [0.05, 0.1) is 5.92 Å². The van der Waals surface area contributed by atoms with Crippen molar-refractivity contribution in [2.24, 2.45) is 11.7 Å². The van der Waals surface area contributed by atoms with Crippen molar-refractivity contribution in [2.75, 3.05) is 24.5 Å². The first kappa shape index (κ1) is 23.1. The van der Waals surface area contributed by atoms with Crippen LogP contribution in [0.5, 0.6) is 0 Å². The van der Waals surface area contributed by atoms with Crippen LogP contribution in [-0.4, -0.2) is 54.6 Å². The fourth-order valence-corrected chi connectivity index (χ4v) is 4.54. The van der Waals surface area contributed by atoms with Crippen LogP contribution in [0.2, 0.25) is 0 Å². The summed E-state index contributed by atoms with van der Waals surface area (Å²) in [7, 11) is 0. The third-order valence-corrected chi connectivity index (χ3v) is 6.31. The number of carboxylic acid groups (broad SMARTS) is 1. The average Bonchev–Trinajstić information content (AvgIpc) is 3.25. The molecule has 0 spiro atoms. The number of carbonyl (C=O) groups is 3. The Kier molecular flexibility index (Phi) is 8.28. The van der Waals surface area contributed by atoms with Gasteiger partial charge in [0.15, 0.2) is 0 Å². The molecule has 8 nitrogen and oxygen atoms in total. The number of nitrogens with two attached hydrogens (primary N) is 1. The first-order valence-electron chi connectivity index (χ1n) is 11.4.